The zero-order valence-corrected chi connectivity index (χ0v) is 9.42. The molecular formula is C10H16N4O2. The lowest BCUT2D eigenvalue weighted by Crippen LogP contribution is -2.38. The van der Waals surface area contributed by atoms with E-state index in [0.717, 1.165) is 0 Å². The number of amides is 1. The third kappa shape index (κ3) is 4.33. The van der Waals surface area contributed by atoms with E-state index in [1.165, 1.54) is 18.6 Å². The highest BCUT2D eigenvalue weighted by Gasteiger charge is 2.10. The number of aromatic nitrogens is 2. The van der Waals surface area contributed by atoms with Crippen LogP contribution in [0.1, 0.15) is 10.5 Å². The van der Waals surface area contributed by atoms with Gasteiger partial charge in [0.1, 0.15) is 5.69 Å². The fourth-order valence-electron chi connectivity index (χ4n) is 1.20. The fraction of sp³-hybridized carbons (Fsp3) is 0.500. The van der Waals surface area contributed by atoms with Crippen molar-refractivity contribution in [3.8, 4) is 0 Å². The number of nitrogens with zero attached hydrogens (tertiary/aromatic N) is 3. The van der Waals surface area contributed by atoms with E-state index in [1.807, 2.05) is 19.0 Å². The van der Waals surface area contributed by atoms with Gasteiger partial charge in [-0.2, -0.15) is 0 Å². The van der Waals surface area contributed by atoms with Gasteiger partial charge in [-0.15, -0.1) is 0 Å². The van der Waals surface area contributed by atoms with Crippen molar-refractivity contribution < 1.29 is 9.90 Å². The minimum atomic E-state index is -0.587. The summed E-state index contributed by atoms with van der Waals surface area (Å²) in [6.07, 6.45) is 3.74. The Bertz CT molecular complexity index is 329. The molecule has 1 amide bonds. The topological polar surface area (TPSA) is 78.4 Å². The summed E-state index contributed by atoms with van der Waals surface area (Å²) >= 11 is 0. The minimum Gasteiger partial charge on any atom is -0.390 e. The van der Waals surface area contributed by atoms with Crippen molar-refractivity contribution in [2.24, 2.45) is 0 Å². The van der Waals surface area contributed by atoms with Crippen LogP contribution in [0.25, 0.3) is 0 Å². The number of hydrogen-bond donors (Lipinski definition) is 2. The van der Waals surface area contributed by atoms with E-state index < -0.39 is 6.10 Å². The second-order valence-corrected chi connectivity index (χ2v) is 3.72. The molecule has 6 heteroatoms. The van der Waals surface area contributed by atoms with Crippen LogP contribution >= 0.6 is 0 Å². The van der Waals surface area contributed by atoms with E-state index >= 15 is 0 Å². The van der Waals surface area contributed by atoms with Crippen LogP contribution in [0.4, 0.5) is 0 Å². The molecule has 0 aliphatic carbocycles. The van der Waals surface area contributed by atoms with Gasteiger partial charge in [0, 0.05) is 25.5 Å². The number of nitrogens with one attached hydrogen (secondary N) is 1. The highest BCUT2D eigenvalue weighted by Crippen LogP contribution is 1.90. The Morgan fingerprint density at radius 1 is 1.56 bits per heavy atom. The number of carbonyl (C=O) groups is 1. The van der Waals surface area contributed by atoms with Crippen LogP contribution in [0.3, 0.4) is 0 Å². The Morgan fingerprint density at radius 2 is 2.31 bits per heavy atom. The molecule has 6 nitrogen and oxygen atoms in total. The lowest BCUT2D eigenvalue weighted by atomic mass is 10.3. The molecule has 0 saturated carbocycles. The predicted octanol–water partition coefficient (Wildman–Crippen LogP) is -0.871. The van der Waals surface area contributed by atoms with Crippen LogP contribution in [0, 0.1) is 0 Å². The monoisotopic (exact) mass is 224 g/mol. The molecule has 1 aromatic heterocycles. The molecule has 0 saturated heterocycles. The van der Waals surface area contributed by atoms with Gasteiger partial charge in [-0.05, 0) is 14.1 Å². The highest BCUT2D eigenvalue weighted by molar-refractivity contribution is 5.91. The van der Waals surface area contributed by atoms with Gasteiger partial charge < -0.3 is 15.3 Å². The molecule has 16 heavy (non-hydrogen) atoms. The van der Waals surface area contributed by atoms with Crippen LogP contribution in [0.2, 0.25) is 0 Å². The van der Waals surface area contributed by atoms with Crippen molar-refractivity contribution in [1.82, 2.24) is 20.2 Å². The number of carbonyl (C=O) groups excluding carboxylic acids is 1. The van der Waals surface area contributed by atoms with Gasteiger partial charge in [-0.3, -0.25) is 9.78 Å². The van der Waals surface area contributed by atoms with Crippen LogP contribution in [-0.2, 0) is 0 Å². The lowest BCUT2D eigenvalue weighted by molar-refractivity contribution is 0.0887. The quantitative estimate of drug-likeness (QED) is 0.679. The van der Waals surface area contributed by atoms with E-state index in [4.69, 9.17) is 0 Å². The Morgan fingerprint density at radius 3 is 2.88 bits per heavy atom. The number of hydrogen-bond acceptors (Lipinski definition) is 5. The van der Waals surface area contributed by atoms with E-state index in [1.54, 1.807) is 0 Å². The van der Waals surface area contributed by atoms with Crippen LogP contribution < -0.4 is 5.32 Å². The maximum atomic E-state index is 11.5. The second-order valence-electron chi connectivity index (χ2n) is 3.72. The van der Waals surface area contributed by atoms with Crippen molar-refractivity contribution in [3.05, 3.63) is 24.3 Å². The Hall–Kier alpha value is -1.53. The standard InChI is InChI=1S/C10H16N4O2/c1-14(2)7-8(15)5-13-10(16)9-6-11-3-4-12-9/h3-4,6,8,15H,5,7H2,1-2H3,(H,13,16). The molecule has 0 fully saturated rings. The molecule has 0 aliphatic rings. The molecule has 1 atom stereocenters. The molecule has 1 rings (SSSR count). The number of likely N-dealkylation sites (N-methyl/N-ethyl adjacent to an activating group) is 1. The summed E-state index contributed by atoms with van der Waals surface area (Å²) in [7, 11) is 3.71. The third-order valence-corrected chi connectivity index (χ3v) is 1.87. The van der Waals surface area contributed by atoms with Gasteiger partial charge in [0.2, 0.25) is 0 Å². The first kappa shape index (κ1) is 12.5. The third-order valence-electron chi connectivity index (χ3n) is 1.87. The van der Waals surface area contributed by atoms with Crippen molar-refractivity contribution >= 4 is 5.91 Å². The zero-order valence-electron chi connectivity index (χ0n) is 9.42. The largest absolute Gasteiger partial charge is 0.390 e. The first-order valence-electron chi connectivity index (χ1n) is 4.96. The maximum absolute atomic E-state index is 11.5. The van der Waals surface area contributed by atoms with Gasteiger partial charge in [-0.1, -0.05) is 0 Å². The highest BCUT2D eigenvalue weighted by atomic mass is 16.3. The first-order valence-corrected chi connectivity index (χ1v) is 4.96. The summed E-state index contributed by atoms with van der Waals surface area (Å²) in [5.74, 6) is -0.328. The molecule has 0 radical (unpaired) electrons. The summed E-state index contributed by atoms with van der Waals surface area (Å²) in [6.45, 7) is 0.703. The SMILES string of the molecule is CN(C)CC(O)CNC(=O)c1cnccn1. The van der Waals surface area contributed by atoms with Crippen molar-refractivity contribution in [3.63, 3.8) is 0 Å². The minimum absolute atomic E-state index is 0.202. The molecule has 1 aromatic rings. The summed E-state index contributed by atoms with van der Waals surface area (Å²) in [5.41, 5.74) is 0.250. The molecule has 1 heterocycles. The molecule has 0 aliphatic heterocycles. The average Bonchev–Trinajstić information content (AvgIpc) is 2.26. The molecule has 0 aromatic carbocycles. The normalized spacial score (nSPS) is 12.5. The first-order chi connectivity index (χ1) is 7.59. The van der Waals surface area contributed by atoms with Gasteiger partial charge >= 0.3 is 0 Å². The van der Waals surface area contributed by atoms with Crippen molar-refractivity contribution in [1.29, 1.82) is 0 Å². The summed E-state index contributed by atoms with van der Waals surface area (Å²) in [5, 5.41) is 12.1. The van der Waals surface area contributed by atoms with E-state index in [9.17, 15) is 9.90 Å². The van der Waals surface area contributed by atoms with Gasteiger partial charge in [0.15, 0.2) is 0 Å². The van der Waals surface area contributed by atoms with Gasteiger partial charge in [0.25, 0.3) is 5.91 Å². The molecule has 0 spiro atoms. The number of rotatable bonds is 5. The molecule has 2 N–H and O–H groups in total. The number of aliphatic hydroxyl groups is 1. The molecule has 88 valence electrons. The van der Waals surface area contributed by atoms with Crippen LogP contribution in [-0.4, -0.2) is 59.2 Å². The van der Waals surface area contributed by atoms with Crippen molar-refractivity contribution in [2.45, 2.75) is 6.10 Å². The van der Waals surface area contributed by atoms with E-state index in [-0.39, 0.29) is 18.1 Å². The fourth-order valence-corrected chi connectivity index (χ4v) is 1.20. The molecule has 1 unspecified atom stereocenters. The predicted molar refractivity (Wildman–Crippen MR) is 58.9 cm³/mol. The Kier molecular flexibility index (Phi) is 4.81. The van der Waals surface area contributed by atoms with E-state index in [2.05, 4.69) is 15.3 Å². The zero-order chi connectivity index (χ0) is 12.0. The Labute approximate surface area is 94.3 Å². The molecule has 0 bridgehead atoms. The average molecular weight is 224 g/mol. The summed E-state index contributed by atoms with van der Waals surface area (Å²) in [4.78, 5) is 21.0. The van der Waals surface area contributed by atoms with Crippen LogP contribution in [0.15, 0.2) is 18.6 Å². The summed E-state index contributed by atoms with van der Waals surface area (Å²) in [6, 6.07) is 0. The van der Waals surface area contributed by atoms with Crippen LogP contribution in [0.5, 0.6) is 0 Å². The Balaban J connectivity index is 2.36. The maximum Gasteiger partial charge on any atom is 0.271 e. The number of aliphatic hydroxyl groups excluding tert-OH is 1. The van der Waals surface area contributed by atoms with Crippen molar-refractivity contribution in [2.75, 3.05) is 27.2 Å². The van der Waals surface area contributed by atoms with Gasteiger partial charge in [0.05, 0.1) is 12.3 Å². The van der Waals surface area contributed by atoms with E-state index in [0.29, 0.717) is 6.54 Å². The summed E-state index contributed by atoms with van der Waals surface area (Å²) < 4.78 is 0. The smallest absolute Gasteiger partial charge is 0.271 e. The molecular weight excluding hydrogens is 208 g/mol. The lowest BCUT2D eigenvalue weighted by Gasteiger charge is -2.16. The second kappa shape index (κ2) is 6.14. The van der Waals surface area contributed by atoms with Gasteiger partial charge in [-0.25, -0.2) is 4.98 Å².